The normalized spacial score (nSPS) is 11.6. The molecule has 0 aliphatic heterocycles. The van der Waals surface area contributed by atoms with E-state index in [9.17, 15) is 14.9 Å². The minimum Gasteiger partial charge on any atom is -0.383 e. The van der Waals surface area contributed by atoms with E-state index in [0.717, 1.165) is 0 Å². The van der Waals surface area contributed by atoms with E-state index in [-0.39, 0.29) is 31.0 Å². The number of nitrogens with two attached hydrogens (primary N) is 1. The Kier molecular flexibility index (Phi) is 6.49. The lowest BCUT2D eigenvalue weighted by Gasteiger charge is -2.08. The predicted octanol–water partition coefficient (Wildman–Crippen LogP) is -0.374. The number of nitrogens with zero attached hydrogens (tertiary/aromatic N) is 1. The van der Waals surface area contributed by atoms with Crippen molar-refractivity contribution in [2.45, 2.75) is 13.3 Å². The highest BCUT2D eigenvalue weighted by atomic mass is 16.6. The molecule has 0 fully saturated rings. The molecule has 0 saturated carbocycles. The monoisotopic (exact) mass is 244 g/mol. The number of hydrogen-bond donors (Lipinski definition) is 3. The number of ether oxygens (including phenoxy) is 1. The predicted molar refractivity (Wildman–Crippen MR) is 61.1 cm³/mol. The number of rotatable bonds is 8. The highest BCUT2D eigenvalue weighted by Gasteiger charge is 2.26. The third kappa shape index (κ3) is 4.60. The number of hydrogen-bond acceptors (Lipinski definition) is 6. The van der Waals surface area contributed by atoms with E-state index in [1.54, 1.807) is 6.92 Å². The van der Waals surface area contributed by atoms with E-state index in [1.807, 2.05) is 0 Å². The van der Waals surface area contributed by atoms with Gasteiger partial charge < -0.3 is 15.8 Å². The van der Waals surface area contributed by atoms with Crippen molar-refractivity contribution in [2.24, 2.45) is 5.73 Å². The van der Waals surface area contributed by atoms with Crippen molar-refractivity contribution in [2.75, 3.05) is 20.3 Å². The molecule has 8 nitrogen and oxygen atoms in total. The first-order chi connectivity index (χ1) is 7.95. The minimum absolute atomic E-state index is 0.138. The molecule has 0 spiro atoms. The van der Waals surface area contributed by atoms with Crippen LogP contribution in [0, 0.1) is 15.5 Å². The van der Waals surface area contributed by atoms with E-state index < -0.39 is 16.5 Å². The molecular weight excluding hydrogens is 228 g/mol. The van der Waals surface area contributed by atoms with Crippen LogP contribution < -0.4 is 11.1 Å². The van der Waals surface area contributed by atoms with Crippen molar-refractivity contribution in [3.8, 4) is 0 Å². The van der Waals surface area contributed by atoms with Gasteiger partial charge in [0.15, 0.2) is 5.70 Å². The second-order valence-electron chi connectivity index (χ2n) is 3.10. The summed E-state index contributed by atoms with van der Waals surface area (Å²) in [6.07, 6.45) is 0.138. The largest absolute Gasteiger partial charge is 0.383 e. The smallest absolute Gasteiger partial charge is 0.318 e. The maximum absolute atomic E-state index is 11.1. The minimum atomic E-state index is -0.967. The zero-order chi connectivity index (χ0) is 13.4. The van der Waals surface area contributed by atoms with Gasteiger partial charge in [-0.15, -0.1) is 0 Å². The van der Waals surface area contributed by atoms with Crippen molar-refractivity contribution in [3.63, 3.8) is 0 Å². The number of carbonyl (C=O) groups excluding carboxylic acids is 1. The van der Waals surface area contributed by atoms with Gasteiger partial charge in [-0.3, -0.25) is 20.3 Å². The van der Waals surface area contributed by atoms with Crippen LogP contribution in [0.3, 0.4) is 0 Å². The second kappa shape index (κ2) is 7.34. The van der Waals surface area contributed by atoms with E-state index in [0.29, 0.717) is 0 Å². The van der Waals surface area contributed by atoms with Crippen LogP contribution in [-0.2, 0) is 9.53 Å². The number of amides is 1. The van der Waals surface area contributed by atoms with Gasteiger partial charge in [-0.2, -0.15) is 0 Å². The molecule has 0 radical (unpaired) electrons. The van der Waals surface area contributed by atoms with Crippen molar-refractivity contribution in [1.29, 1.82) is 5.41 Å². The molecule has 0 aromatic carbocycles. The standard InChI is InChI=1S/C9H16N4O4/c1-3-6(10)8(13(15)16)7(9(11)14)12-4-5-17-2/h10,12H,3-5H2,1-2H3,(H2,11,14)/b8-7+,10-6?. The lowest BCUT2D eigenvalue weighted by molar-refractivity contribution is -0.416. The highest BCUT2D eigenvalue weighted by Crippen LogP contribution is 2.07. The first kappa shape index (κ1) is 15.0. The lowest BCUT2D eigenvalue weighted by Crippen LogP contribution is -2.33. The maximum Gasteiger partial charge on any atom is 0.318 e. The third-order valence-corrected chi connectivity index (χ3v) is 1.91. The molecule has 0 saturated heterocycles. The Morgan fingerprint density at radius 2 is 2.18 bits per heavy atom. The summed E-state index contributed by atoms with van der Waals surface area (Å²) < 4.78 is 4.74. The number of primary amides is 1. The molecule has 0 heterocycles. The molecule has 4 N–H and O–H groups in total. The molecule has 0 bridgehead atoms. The van der Waals surface area contributed by atoms with Gasteiger partial charge in [0, 0.05) is 13.7 Å². The fourth-order valence-electron chi connectivity index (χ4n) is 1.09. The van der Waals surface area contributed by atoms with Crippen LogP contribution in [-0.4, -0.2) is 36.8 Å². The molecule has 8 heteroatoms. The number of methoxy groups -OCH3 is 1. The van der Waals surface area contributed by atoms with Gasteiger partial charge in [0.05, 0.1) is 11.5 Å². The van der Waals surface area contributed by atoms with Gasteiger partial charge in [0.1, 0.15) is 5.71 Å². The van der Waals surface area contributed by atoms with Gasteiger partial charge in [0.2, 0.25) is 0 Å². The van der Waals surface area contributed by atoms with Crippen LogP contribution in [0.1, 0.15) is 13.3 Å². The van der Waals surface area contributed by atoms with Gasteiger partial charge in [0.25, 0.3) is 5.91 Å². The summed E-state index contributed by atoms with van der Waals surface area (Å²) in [5.74, 6) is -0.967. The Balaban J connectivity index is 5.21. The summed E-state index contributed by atoms with van der Waals surface area (Å²) >= 11 is 0. The highest BCUT2D eigenvalue weighted by molar-refractivity contribution is 6.04. The molecule has 0 aliphatic rings. The van der Waals surface area contributed by atoms with E-state index in [2.05, 4.69) is 5.32 Å². The van der Waals surface area contributed by atoms with Crippen LogP contribution in [0.15, 0.2) is 11.4 Å². The van der Waals surface area contributed by atoms with Crippen molar-refractivity contribution in [1.82, 2.24) is 5.32 Å². The molecule has 17 heavy (non-hydrogen) atoms. The summed E-state index contributed by atoms with van der Waals surface area (Å²) in [5.41, 5.74) is 3.84. The molecule has 0 aromatic heterocycles. The summed E-state index contributed by atoms with van der Waals surface area (Å²) in [6.45, 7) is 2.05. The molecular formula is C9H16N4O4. The van der Waals surface area contributed by atoms with Crippen LogP contribution in [0.4, 0.5) is 0 Å². The Morgan fingerprint density at radius 3 is 2.53 bits per heavy atom. The Bertz CT molecular complexity index is 351. The molecule has 0 aliphatic carbocycles. The fourth-order valence-corrected chi connectivity index (χ4v) is 1.09. The van der Waals surface area contributed by atoms with Crippen LogP contribution >= 0.6 is 0 Å². The lowest BCUT2D eigenvalue weighted by atomic mass is 10.1. The van der Waals surface area contributed by atoms with E-state index >= 15 is 0 Å². The van der Waals surface area contributed by atoms with Crippen LogP contribution in [0.2, 0.25) is 0 Å². The zero-order valence-corrected chi connectivity index (χ0v) is 9.78. The quantitative estimate of drug-likeness (QED) is 0.176. The molecule has 0 rings (SSSR count). The van der Waals surface area contributed by atoms with Gasteiger partial charge in [-0.1, -0.05) is 6.92 Å². The van der Waals surface area contributed by atoms with Gasteiger partial charge >= 0.3 is 5.70 Å². The Labute approximate surface area is 98.5 Å². The topological polar surface area (TPSA) is 131 Å². The summed E-state index contributed by atoms with van der Waals surface area (Å²) in [4.78, 5) is 21.1. The van der Waals surface area contributed by atoms with Crippen LogP contribution in [0.25, 0.3) is 0 Å². The summed E-state index contributed by atoms with van der Waals surface area (Å²) in [7, 11) is 1.46. The number of nitrogens with one attached hydrogen (secondary N) is 2. The second-order valence-corrected chi connectivity index (χ2v) is 3.10. The first-order valence-corrected chi connectivity index (χ1v) is 4.94. The van der Waals surface area contributed by atoms with Crippen molar-refractivity contribution < 1.29 is 14.5 Å². The fraction of sp³-hybridized carbons (Fsp3) is 0.556. The van der Waals surface area contributed by atoms with Gasteiger partial charge in [-0.05, 0) is 6.42 Å². The maximum atomic E-state index is 11.1. The number of carbonyl (C=O) groups is 1. The number of allylic oxidation sites excluding steroid dienone is 1. The first-order valence-electron chi connectivity index (χ1n) is 4.94. The van der Waals surface area contributed by atoms with E-state index in [4.69, 9.17) is 15.9 Å². The molecule has 96 valence electrons. The van der Waals surface area contributed by atoms with Crippen molar-refractivity contribution >= 4 is 11.6 Å². The molecule has 1 amide bonds. The SMILES string of the molecule is CCC(=N)/C(=C(\NCCOC)C(N)=O)[N+](=O)[O-]. The Morgan fingerprint density at radius 1 is 1.59 bits per heavy atom. The summed E-state index contributed by atoms with van der Waals surface area (Å²) in [6, 6.07) is 0. The molecule has 0 atom stereocenters. The average Bonchev–Trinajstić information content (AvgIpc) is 2.26. The zero-order valence-electron chi connectivity index (χ0n) is 9.78. The van der Waals surface area contributed by atoms with Crippen LogP contribution in [0.5, 0.6) is 0 Å². The Hall–Kier alpha value is -1.96. The van der Waals surface area contributed by atoms with Crippen molar-refractivity contribution in [3.05, 3.63) is 21.5 Å². The third-order valence-electron chi connectivity index (χ3n) is 1.91. The summed E-state index contributed by atoms with van der Waals surface area (Å²) in [5, 5.41) is 20.8. The average molecular weight is 244 g/mol. The number of nitro groups is 1. The van der Waals surface area contributed by atoms with E-state index in [1.165, 1.54) is 7.11 Å². The molecule has 0 aromatic rings. The molecule has 0 unspecified atom stereocenters. The van der Waals surface area contributed by atoms with Gasteiger partial charge in [-0.25, -0.2) is 0 Å².